The van der Waals surface area contributed by atoms with Crippen molar-refractivity contribution >= 4 is 17.6 Å². The molecule has 3 rings (SSSR count). The molecule has 0 saturated carbocycles. The topological polar surface area (TPSA) is 49.9 Å². The van der Waals surface area contributed by atoms with Crippen LogP contribution in [0.1, 0.15) is 25.3 Å². The minimum Gasteiger partial charge on any atom is -0.467 e. The molecule has 1 amide bonds. The molecule has 1 aliphatic rings. The van der Waals surface area contributed by atoms with E-state index in [1.165, 1.54) is 19.6 Å². The lowest BCUT2D eigenvalue weighted by Gasteiger charge is -2.46. The predicted octanol–water partition coefficient (Wildman–Crippen LogP) is 3.29. The lowest BCUT2D eigenvalue weighted by molar-refractivity contribution is -0.150. The highest BCUT2D eigenvalue weighted by Crippen LogP contribution is 2.34. The Hall–Kier alpha value is -2.66. The second-order valence-corrected chi connectivity index (χ2v) is 7.29. The third-order valence-corrected chi connectivity index (χ3v) is 5.57. The number of ether oxygens (including phenoxy) is 1. The number of para-hydroxylation sites is 1. The highest BCUT2D eigenvalue weighted by atomic mass is 16.5. The number of esters is 1. The summed E-state index contributed by atoms with van der Waals surface area (Å²) in [5.74, 6) is -0.483. The third-order valence-electron chi connectivity index (χ3n) is 5.57. The zero-order chi connectivity index (χ0) is 20.0. The summed E-state index contributed by atoms with van der Waals surface area (Å²) in [5, 5.41) is 0. The molecule has 0 aromatic heterocycles. The van der Waals surface area contributed by atoms with Crippen LogP contribution in [0.15, 0.2) is 60.7 Å². The van der Waals surface area contributed by atoms with Crippen LogP contribution in [-0.4, -0.2) is 49.1 Å². The highest BCUT2D eigenvalue weighted by Gasteiger charge is 2.49. The van der Waals surface area contributed by atoms with E-state index in [9.17, 15) is 9.59 Å². The molecule has 2 aromatic carbocycles. The van der Waals surface area contributed by atoms with Gasteiger partial charge >= 0.3 is 5.97 Å². The van der Waals surface area contributed by atoms with Crippen LogP contribution >= 0.6 is 0 Å². The number of hydrogen-bond donors (Lipinski definition) is 0. The number of rotatable bonds is 6. The summed E-state index contributed by atoms with van der Waals surface area (Å²) in [4.78, 5) is 29.4. The molecule has 2 aromatic rings. The molecule has 0 unspecified atom stereocenters. The molecule has 0 radical (unpaired) electrons. The summed E-state index contributed by atoms with van der Waals surface area (Å²) >= 11 is 0. The van der Waals surface area contributed by atoms with E-state index in [4.69, 9.17) is 4.74 Å². The second kappa shape index (κ2) is 9.02. The molecule has 1 saturated heterocycles. The average Bonchev–Trinajstić information content (AvgIpc) is 2.74. The van der Waals surface area contributed by atoms with Crippen molar-refractivity contribution < 1.29 is 14.3 Å². The zero-order valence-electron chi connectivity index (χ0n) is 16.6. The van der Waals surface area contributed by atoms with Crippen molar-refractivity contribution in [1.82, 2.24) is 4.90 Å². The molecular weight excluding hydrogens is 352 g/mol. The quantitative estimate of drug-likeness (QED) is 0.722. The lowest BCUT2D eigenvalue weighted by Crippen LogP contribution is -2.62. The number of likely N-dealkylation sites (tertiary alicyclic amines) is 1. The number of carbonyl (C=O) groups excluding carboxylic acids is 2. The van der Waals surface area contributed by atoms with Crippen molar-refractivity contribution in [3.8, 4) is 0 Å². The summed E-state index contributed by atoms with van der Waals surface area (Å²) in [6.07, 6.45) is 2.09. The van der Waals surface area contributed by atoms with Crippen LogP contribution in [0.4, 0.5) is 5.69 Å². The van der Waals surface area contributed by atoms with Crippen LogP contribution in [-0.2, 0) is 20.7 Å². The first-order chi connectivity index (χ1) is 13.6. The summed E-state index contributed by atoms with van der Waals surface area (Å²) in [6.45, 7) is 3.95. The Morgan fingerprint density at radius 1 is 1.00 bits per heavy atom. The third kappa shape index (κ3) is 4.25. The first-order valence-electron chi connectivity index (χ1n) is 9.77. The first kappa shape index (κ1) is 20.1. The molecular formula is C23H28N2O3. The number of methoxy groups -OCH3 is 1. The number of benzene rings is 2. The van der Waals surface area contributed by atoms with Gasteiger partial charge < -0.3 is 9.64 Å². The molecule has 148 valence electrons. The molecule has 0 aliphatic carbocycles. The van der Waals surface area contributed by atoms with Crippen molar-refractivity contribution in [3.63, 3.8) is 0 Å². The maximum atomic E-state index is 12.9. The van der Waals surface area contributed by atoms with Gasteiger partial charge in [0.15, 0.2) is 0 Å². The summed E-state index contributed by atoms with van der Waals surface area (Å²) < 4.78 is 5.16. The summed E-state index contributed by atoms with van der Waals surface area (Å²) in [6, 6.07) is 19.8. The summed E-state index contributed by atoms with van der Waals surface area (Å²) in [5.41, 5.74) is 1.09. The van der Waals surface area contributed by atoms with Gasteiger partial charge in [0.25, 0.3) is 0 Å². The standard InChI is InChI=1S/C23H28N2O3/c1-19(26)25(21-11-7-4-8-12-21)23(22(27)28-2)14-17-24(18-15-23)16-13-20-9-5-3-6-10-20/h3-12H,13-18H2,1-2H3. The van der Waals surface area contributed by atoms with E-state index in [0.717, 1.165) is 31.7 Å². The van der Waals surface area contributed by atoms with Crippen molar-refractivity contribution in [2.24, 2.45) is 0 Å². The summed E-state index contributed by atoms with van der Waals surface area (Å²) in [7, 11) is 1.40. The van der Waals surface area contributed by atoms with Crippen molar-refractivity contribution in [3.05, 3.63) is 66.2 Å². The number of nitrogens with zero attached hydrogens (tertiary/aromatic N) is 2. The minimum absolute atomic E-state index is 0.144. The highest BCUT2D eigenvalue weighted by molar-refractivity contribution is 6.01. The van der Waals surface area contributed by atoms with Gasteiger partial charge in [-0.2, -0.15) is 0 Å². The van der Waals surface area contributed by atoms with Gasteiger partial charge in [-0.1, -0.05) is 48.5 Å². The van der Waals surface area contributed by atoms with Gasteiger partial charge in [-0.25, -0.2) is 4.79 Å². The molecule has 0 spiro atoms. The van der Waals surface area contributed by atoms with Crippen LogP contribution in [0.5, 0.6) is 0 Å². The fraction of sp³-hybridized carbons (Fsp3) is 0.391. The monoisotopic (exact) mass is 380 g/mol. The molecule has 0 bridgehead atoms. The second-order valence-electron chi connectivity index (χ2n) is 7.29. The lowest BCUT2D eigenvalue weighted by atomic mass is 9.84. The molecule has 0 N–H and O–H groups in total. The number of hydrogen-bond acceptors (Lipinski definition) is 4. The van der Waals surface area contributed by atoms with E-state index >= 15 is 0 Å². The van der Waals surface area contributed by atoms with Gasteiger partial charge in [0, 0.05) is 32.2 Å². The number of piperidine rings is 1. The van der Waals surface area contributed by atoms with Crippen molar-refractivity contribution in [1.29, 1.82) is 0 Å². The Labute approximate surface area is 166 Å². The SMILES string of the molecule is COC(=O)C1(N(C(C)=O)c2ccccc2)CCN(CCc2ccccc2)CC1. The van der Waals surface area contributed by atoms with Crippen LogP contribution in [0, 0.1) is 0 Å². The fourth-order valence-electron chi connectivity index (χ4n) is 4.09. The molecule has 1 heterocycles. The van der Waals surface area contributed by atoms with Crippen LogP contribution in [0.2, 0.25) is 0 Å². The van der Waals surface area contributed by atoms with E-state index in [0.29, 0.717) is 12.8 Å². The Bertz CT molecular complexity index is 784. The molecule has 1 aliphatic heterocycles. The van der Waals surface area contributed by atoms with Gasteiger partial charge in [-0.05, 0) is 37.0 Å². The Balaban J connectivity index is 1.76. The molecule has 5 nitrogen and oxygen atoms in total. The van der Waals surface area contributed by atoms with Gasteiger partial charge in [-0.3, -0.25) is 9.69 Å². The van der Waals surface area contributed by atoms with E-state index < -0.39 is 5.54 Å². The molecule has 1 fully saturated rings. The minimum atomic E-state index is -0.953. The Kier molecular flexibility index (Phi) is 6.47. The van der Waals surface area contributed by atoms with Crippen LogP contribution < -0.4 is 4.90 Å². The van der Waals surface area contributed by atoms with E-state index in [2.05, 4.69) is 29.2 Å². The van der Waals surface area contributed by atoms with Gasteiger partial charge in [0.05, 0.1) is 7.11 Å². The largest absolute Gasteiger partial charge is 0.467 e. The molecule has 28 heavy (non-hydrogen) atoms. The number of anilines is 1. The van der Waals surface area contributed by atoms with E-state index in [-0.39, 0.29) is 11.9 Å². The van der Waals surface area contributed by atoms with Gasteiger partial charge in [0.2, 0.25) is 5.91 Å². The van der Waals surface area contributed by atoms with Crippen molar-refractivity contribution in [2.45, 2.75) is 31.7 Å². The molecule has 5 heteroatoms. The number of carbonyl (C=O) groups is 2. The van der Waals surface area contributed by atoms with E-state index in [1.807, 2.05) is 36.4 Å². The fourth-order valence-corrected chi connectivity index (χ4v) is 4.09. The number of amides is 1. The Morgan fingerprint density at radius 3 is 2.11 bits per heavy atom. The van der Waals surface area contributed by atoms with Gasteiger partial charge in [-0.15, -0.1) is 0 Å². The van der Waals surface area contributed by atoms with Crippen LogP contribution in [0.25, 0.3) is 0 Å². The first-order valence-corrected chi connectivity index (χ1v) is 9.77. The van der Waals surface area contributed by atoms with E-state index in [1.54, 1.807) is 4.90 Å². The van der Waals surface area contributed by atoms with Crippen molar-refractivity contribution in [2.75, 3.05) is 31.6 Å². The maximum absolute atomic E-state index is 12.9. The van der Waals surface area contributed by atoms with Gasteiger partial charge in [0.1, 0.15) is 5.54 Å². The normalized spacial score (nSPS) is 16.4. The Morgan fingerprint density at radius 2 is 1.57 bits per heavy atom. The smallest absolute Gasteiger partial charge is 0.332 e. The maximum Gasteiger partial charge on any atom is 0.332 e. The van der Waals surface area contributed by atoms with Crippen LogP contribution in [0.3, 0.4) is 0 Å². The predicted molar refractivity (Wildman–Crippen MR) is 110 cm³/mol. The zero-order valence-corrected chi connectivity index (χ0v) is 16.6. The average molecular weight is 380 g/mol. The molecule has 0 atom stereocenters.